The molecule has 0 atom stereocenters. The molecule has 0 aliphatic heterocycles. The topological polar surface area (TPSA) is 67.8 Å². The molecule has 20 heavy (non-hydrogen) atoms. The molecule has 0 saturated carbocycles. The van der Waals surface area contributed by atoms with Crippen LogP contribution in [0.1, 0.15) is 25.6 Å². The molecule has 1 heterocycles. The van der Waals surface area contributed by atoms with Crippen molar-refractivity contribution in [2.45, 2.75) is 0 Å². The van der Waals surface area contributed by atoms with Gasteiger partial charge in [0, 0.05) is 0 Å². The van der Waals surface area contributed by atoms with Gasteiger partial charge in [0.1, 0.15) is 0 Å². The summed E-state index contributed by atoms with van der Waals surface area (Å²) < 4.78 is 4.60. The van der Waals surface area contributed by atoms with Crippen LogP contribution in [0.4, 0.5) is 0 Å². The lowest BCUT2D eigenvalue weighted by Crippen LogP contribution is -2.16. The number of hydrogen-bond donors (Lipinski definition) is 1. The lowest BCUT2D eigenvalue weighted by atomic mass is 10.1. The first-order chi connectivity index (χ1) is 9.70. The molecule has 6 heteroatoms. The zero-order chi connectivity index (χ0) is 14.4. The Balaban J connectivity index is 1.95. The smallest absolute Gasteiger partial charge is 0.337 e. The van der Waals surface area contributed by atoms with Gasteiger partial charge in [-0.3, -0.25) is 4.79 Å². The van der Waals surface area contributed by atoms with Crippen LogP contribution in [0, 0.1) is 0 Å². The lowest BCUT2D eigenvalue weighted by molar-refractivity contribution is 0.0600. The van der Waals surface area contributed by atoms with Gasteiger partial charge in [-0.25, -0.2) is 10.2 Å². The van der Waals surface area contributed by atoms with Crippen molar-refractivity contribution in [2.24, 2.45) is 5.10 Å². The SMILES string of the molecule is COC(=O)c1ccc(/C=N\NC(=O)c2cccs2)cc1. The van der Waals surface area contributed by atoms with Crippen LogP contribution >= 0.6 is 11.3 Å². The van der Waals surface area contributed by atoms with Crippen molar-refractivity contribution in [1.29, 1.82) is 0 Å². The summed E-state index contributed by atoms with van der Waals surface area (Å²) in [4.78, 5) is 23.5. The van der Waals surface area contributed by atoms with E-state index < -0.39 is 0 Å². The molecular weight excluding hydrogens is 276 g/mol. The monoisotopic (exact) mass is 288 g/mol. The summed E-state index contributed by atoms with van der Waals surface area (Å²) in [5.41, 5.74) is 3.66. The Bertz CT molecular complexity index is 618. The standard InChI is InChI=1S/C14H12N2O3S/c1-19-14(18)11-6-4-10(5-7-11)9-15-16-13(17)12-3-2-8-20-12/h2-9H,1H3,(H,16,17)/b15-9-. The maximum absolute atomic E-state index is 11.6. The molecule has 2 rings (SSSR count). The van der Waals surface area contributed by atoms with E-state index in [1.165, 1.54) is 24.7 Å². The maximum atomic E-state index is 11.6. The van der Waals surface area contributed by atoms with Gasteiger partial charge in [-0.15, -0.1) is 11.3 Å². The summed E-state index contributed by atoms with van der Waals surface area (Å²) in [5.74, 6) is -0.637. The quantitative estimate of drug-likeness (QED) is 0.533. The minimum Gasteiger partial charge on any atom is -0.465 e. The summed E-state index contributed by atoms with van der Waals surface area (Å²) >= 11 is 1.35. The highest BCUT2D eigenvalue weighted by Crippen LogP contribution is 2.07. The third-order valence-corrected chi connectivity index (χ3v) is 3.33. The number of methoxy groups -OCH3 is 1. The third-order valence-electron chi connectivity index (χ3n) is 2.46. The molecular formula is C14H12N2O3S. The van der Waals surface area contributed by atoms with Crippen LogP contribution in [-0.2, 0) is 4.74 Å². The van der Waals surface area contributed by atoms with Crippen LogP contribution in [0.2, 0.25) is 0 Å². The molecule has 2 aromatic rings. The summed E-state index contributed by atoms with van der Waals surface area (Å²) in [6.45, 7) is 0. The molecule has 0 radical (unpaired) electrons. The summed E-state index contributed by atoms with van der Waals surface area (Å²) in [7, 11) is 1.33. The van der Waals surface area contributed by atoms with Crippen molar-refractivity contribution in [1.82, 2.24) is 5.43 Å². The second-order valence-corrected chi connectivity index (χ2v) is 4.74. The Kier molecular flexibility index (Phi) is 4.62. The van der Waals surface area contributed by atoms with E-state index in [0.717, 1.165) is 5.56 Å². The highest BCUT2D eigenvalue weighted by Gasteiger charge is 2.04. The maximum Gasteiger partial charge on any atom is 0.337 e. The Labute approximate surface area is 119 Å². The Hall–Kier alpha value is -2.47. The first-order valence-corrected chi connectivity index (χ1v) is 6.64. The average Bonchev–Trinajstić information content (AvgIpc) is 3.01. The molecule has 5 nitrogen and oxygen atoms in total. The summed E-state index contributed by atoms with van der Waals surface area (Å²) in [5, 5.41) is 5.68. The van der Waals surface area contributed by atoms with Crippen molar-refractivity contribution in [3.63, 3.8) is 0 Å². The van der Waals surface area contributed by atoms with Crippen LogP contribution in [-0.4, -0.2) is 25.2 Å². The molecule has 1 amide bonds. The predicted molar refractivity (Wildman–Crippen MR) is 77.2 cm³/mol. The van der Waals surface area contributed by atoms with Crippen molar-refractivity contribution in [3.8, 4) is 0 Å². The van der Waals surface area contributed by atoms with Crippen molar-refractivity contribution < 1.29 is 14.3 Å². The molecule has 102 valence electrons. The van der Waals surface area contributed by atoms with Gasteiger partial charge < -0.3 is 4.74 Å². The van der Waals surface area contributed by atoms with E-state index in [0.29, 0.717) is 10.4 Å². The van der Waals surface area contributed by atoms with Gasteiger partial charge in [-0.1, -0.05) is 18.2 Å². The number of hydrogen-bond acceptors (Lipinski definition) is 5. The van der Waals surface area contributed by atoms with E-state index in [2.05, 4.69) is 15.3 Å². The van der Waals surface area contributed by atoms with Gasteiger partial charge in [0.25, 0.3) is 5.91 Å². The number of amides is 1. The minimum atomic E-state index is -0.389. The number of rotatable bonds is 4. The molecule has 0 bridgehead atoms. The average molecular weight is 288 g/mol. The summed E-state index contributed by atoms with van der Waals surface area (Å²) in [6, 6.07) is 10.2. The molecule has 0 fully saturated rings. The molecule has 1 aromatic carbocycles. The number of nitrogens with one attached hydrogen (secondary N) is 1. The van der Waals surface area contributed by atoms with Gasteiger partial charge in [0.2, 0.25) is 0 Å². The number of thiophene rings is 1. The normalized spacial score (nSPS) is 10.4. The van der Waals surface area contributed by atoms with Gasteiger partial charge in [0.05, 0.1) is 23.8 Å². The molecule has 1 N–H and O–H groups in total. The molecule has 1 aromatic heterocycles. The Morgan fingerprint density at radius 2 is 2.00 bits per heavy atom. The van der Waals surface area contributed by atoms with E-state index in [9.17, 15) is 9.59 Å². The molecule has 0 unspecified atom stereocenters. The number of esters is 1. The van der Waals surface area contributed by atoms with E-state index in [1.807, 2.05) is 5.38 Å². The van der Waals surface area contributed by atoms with Gasteiger partial charge in [-0.2, -0.15) is 5.10 Å². The number of nitrogens with zero attached hydrogens (tertiary/aromatic N) is 1. The lowest BCUT2D eigenvalue weighted by Gasteiger charge is -1.99. The highest BCUT2D eigenvalue weighted by atomic mass is 32.1. The van der Waals surface area contributed by atoms with E-state index in [-0.39, 0.29) is 11.9 Å². The largest absolute Gasteiger partial charge is 0.465 e. The fraction of sp³-hybridized carbons (Fsp3) is 0.0714. The van der Waals surface area contributed by atoms with Crippen LogP contribution in [0.5, 0.6) is 0 Å². The second kappa shape index (κ2) is 6.63. The Morgan fingerprint density at radius 3 is 2.60 bits per heavy atom. The minimum absolute atomic E-state index is 0.248. The number of carbonyl (C=O) groups excluding carboxylic acids is 2. The van der Waals surface area contributed by atoms with Crippen LogP contribution in [0.25, 0.3) is 0 Å². The third kappa shape index (κ3) is 3.52. The van der Waals surface area contributed by atoms with Crippen molar-refractivity contribution >= 4 is 29.4 Å². The van der Waals surface area contributed by atoms with Crippen LogP contribution in [0.3, 0.4) is 0 Å². The van der Waals surface area contributed by atoms with Gasteiger partial charge in [-0.05, 0) is 29.1 Å². The summed E-state index contributed by atoms with van der Waals surface area (Å²) in [6.07, 6.45) is 1.51. The fourth-order valence-corrected chi connectivity index (χ4v) is 2.06. The number of benzene rings is 1. The molecule has 0 aliphatic carbocycles. The van der Waals surface area contributed by atoms with E-state index >= 15 is 0 Å². The Morgan fingerprint density at radius 1 is 1.25 bits per heavy atom. The van der Waals surface area contributed by atoms with Crippen molar-refractivity contribution in [2.75, 3.05) is 7.11 Å². The fourth-order valence-electron chi connectivity index (χ4n) is 1.45. The first kappa shape index (κ1) is 14.0. The van der Waals surface area contributed by atoms with Crippen LogP contribution in [0.15, 0.2) is 46.9 Å². The zero-order valence-corrected chi connectivity index (χ0v) is 11.5. The van der Waals surface area contributed by atoms with Gasteiger partial charge >= 0.3 is 5.97 Å². The first-order valence-electron chi connectivity index (χ1n) is 5.76. The number of hydrazone groups is 1. The molecule has 0 aliphatic rings. The number of ether oxygens (including phenoxy) is 1. The van der Waals surface area contributed by atoms with Gasteiger partial charge in [0.15, 0.2) is 0 Å². The highest BCUT2D eigenvalue weighted by molar-refractivity contribution is 7.12. The van der Waals surface area contributed by atoms with E-state index in [1.54, 1.807) is 36.4 Å². The zero-order valence-electron chi connectivity index (χ0n) is 10.7. The second-order valence-electron chi connectivity index (χ2n) is 3.79. The van der Waals surface area contributed by atoms with Crippen LogP contribution < -0.4 is 5.43 Å². The molecule has 0 saturated heterocycles. The number of carbonyl (C=O) groups is 2. The van der Waals surface area contributed by atoms with Crippen molar-refractivity contribution in [3.05, 3.63) is 57.8 Å². The van der Waals surface area contributed by atoms with E-state index in [4.69, 9.17) is 0 Å². The molecule has 0 spiro atoms. The predicted octanol–water partition coefficient (Wildman–Crippen LogP) is 2.30.